The van der Waals surface area contributed by atoms with Gasteiger partial charge in [-0.1, -0.05) is 23.5 Å². The largest absolute Gasteiger partial charge is 0.431 e. The molecule has 1 saturated heterocycles. The molecule has 0 atom stereocenters. The normalized spacial score (nSPS) is 30.4. The minimum Gasteiger partial charge on any atom is -0.325 e. The first-order valence-electron chi connectivity index (χ1n) is 4.86. The highest BCUT2D eigenvalue weighted by Crippen LogP contribution is 2.71. The van der Waals surface area contributed by atoms with Crippen LogP contribution >= 0.6 is 23.5 Å². The van der Waals surface area contributed by atoms with E-state index >= 15 is 0 Å². The van der Waals surface area contributed by atoms with Crippen molar-refractivity contribution >= 4 is 35.3 Å². The molecule has 0 unspecified atom stereocenters. The molecule has 0 radical (unpaired) electrons. The first-order chi connectivity index (χ1) is 8.75. The predicted molar refractivity (Wildman–Crippen MR) is 60.4 cm³/mol. The van der Waals surface area contributed by atoms with Crippen LogP contribution in [0.25, 0.3) is 0 Å². The number of carbonyl (C=O) groups is 2. The first-order valence-corrected chi connectivity index (χ1v) is 6.49. The van der Waals surface area contributed by atoms with Gasteiger partial charge >= 0.3 is 12.4 Å². The Hall–Kier alpha value is -0.780. The van der Waals surface area contributed by atoms with Crippen molar-refractivity contribution in [1.82, 2.24) is 10.6 Å². The molecule has 1 rings (SSSR count). The lowest BCUT2D eigenvalue weighted by molar-refractivity contribution is -0.167. The SMILES string of the molecule is CC(=O)NC1(C(F)(F)F)SC(NC(C)=O)(C(F)(F)F)S1. The van der Waals surface area contributed by atoms with Gasteiger partial charge in [-0.15, -0.1) is 0 Å². The zero-order valence-corrected chi connectivity index (χ0v) is 11.5. The van der Waals surface area contributed by atoms with E-state index < -0.39 is 56.1 Å². The summed E-state index contributed by atoms with van der Waals surface area (Å²) in [7, 11) is 0. The molecule has 0 aromatic heterocycles. The van der Waals surface area contributed by atoms with Gasteiger partial charge in [-0.25, -0.2) is 0 Å². The van der Waals surface area contributed by atoms with Gasteiger partial charge in [-0.2, -0.15) is 26.3 Å². The van der Waals surface area contributed by atoms with Crippen LogP contribution in [0.3, 0.4) is 0 Å². The number of carbonyl (C=O) groups excluding carboxylic acids is 2. The summed E-state index contributed by atoms with van der Waals surface area (Å²) in [6.07, 6.45) is -10.2. The highest BCUT2D eigenvalue weighted by molar-refractivity contribution is 8.35. The maximum absolute atomic E-state index is 12.8. The van der Waals surface area contributed by atoms with E-state index in [-0.39, 0.29) is 0 Å². The Morgan fingerprint density at radius 3 is 1.20 bits per heavy atom. The van der Waals surface area contributed by atoms with Crippen LogP contribution in [0.4, 0.5) is 26.3 Å². The molecular formula is C8H8F6N2O2S2. The summed E-state index contributed by atoms with van der Waals surface area (Å²) < 4.78 is 70.8. The molecule has 0 spiro atoms. The molecule has 1 aliphatic rings. The fourth-order valence-electron chi connectivity index (χ4n) is 1.35. The summed E-state index contributed by atoms with van der Waals surface area (Å²) in [5, 5.41) is 2.89. The second-order valence-corrected chi connectivity index (χ2v) is 7.17. The monoisotopic (exact) mass is 342 g/mol. The lowest BCUT2D eigenvalue weighted by Crippen LogP contribution is -2.71. The zero-order valence-electron chi connectivity index (χ0n) is 9.90. The number of amides is 2. The van der Waals surface area contributed by atoms with Crippen molar-refractivity contribution < 1.29 is 35.9 Å². The molecule has 12 heteroatoms. The summed E-state index contributed by atoms with van der Waals surface area (Å²) in [4.78, 5) is 21.6. The van der Waals surface area contributed by atoms with Crippen LogP contribution in [0.2, 0.25) is 0 Å². The number of nitrogens with one attached hydrogen (secondary N) is 2. The smallest absolute Gasteiger partial charge is 0.325 e. The van der Waals surface area contributed by atoms with E-state index in [0.717, 1.165) is 13.8 Å². The number of rotatable bonds is 2. The fourth-order valence-corrected chi connectivity index (χ4v) is 4.67. The number of hydrogen-bond donors (Lipinski definition) is 2. The Morgan fingerprint density at radius 2 is 1.05 bits per heavy atom. The van der Waals surface area contributed by atoms with E-state index in [1.807, 2.05) is 0 Å². The van der Waals surface area contributed by atoms with Crippen LogP contribution in [0, 0.1) is 0 Å². The molecular weight excluding hydrogens is 334 g/mol. The van der Waals surface area contributed by atoms with Gasteiger partial charge in [0.15, 0.2) is 0 Å². The van der Waals surface area contributed by atoms with Gasteiger partial charge in [0, 0.05) is 13.8 Å². The van der Waals surface area contributed by atoms with Gasteiger partial charge in [0.25, 0.3) is 0 Å². The van der Waals surface area contributed by atoms with Gasteiger partial charge in [0.05, 0.1) is 0 Å². The Labute approximate surface area is 117 Å². The zero-order chi connectivity index (χ0) is 16.0. The minimum absolute atomic E-state index is 0.612. The van der Waals surface area contributed by atoms with E-state index in [0.29, 0.717) is 0 Å². The maximum Gasteiger partial charge on any atom is 0.431 e. The lowest BCUT2D eigenvalue weighted by Gasteiger charge is -2.54. The Balaban J connectivity index is 3.10. The topological polar surface area (TPSA) is 58.2 Å². The van der Waals surface area contributed by atoms with Gasteiger partial charge in [-0.05, 0) is 0 Å². The molecule has 0 saturated carbocycles. The summed E-state index contributed by atoms with van der Waals surface area (Å²) in [6.45, 7) is 1.50. The Morgan fingerprint density at radius 1 is 0.800 bits per heavy atom. The highest BCUT2D eigenvalue weighted by Gasteiger charge is 2.79. The van der Waals surface area contributed by atoms with Gasteiger partial charge in [-0.3, -0.25) is 9.59 Å². The summed E-state index contributed by atoms with van der Waals surface area (Å²) in [5.74, 6) is -2.28. The number of hydrogen-bond acceptors (Lipinski definition) is 4. The minimum atomic E-state index is -5.12. The Kier molecular flexibility index (Phi) is 4.23. The summed E-state index contributed by atoms with van der Waals surface area (Å²) >= 11 is -1.22. The standard InChI is InChI=1S/C8H8F6N2O2S2/c1-3(17)15-7(5(9,10)11)19-8(20-7,6(12,13)14)16-4(2)18/h1-2H3,(H,15,17)(H,16,18). The van der Waals surface area contributed by atoms with Crippen LogP contribution in [0.5, 0.6) is 0 Å². The number of halogens is 6. The maximum atomic E-state index is 12.8. The predicted octanol–water partition coefficient (Wildman–Crippen LogP) is 2.17. The first kappa shape index (κ1) is 17.3. The molecule has 1 aliphatic heterocycles. The molecule has 20 heavy (non-hydrogen) atoms. The second-order valence-electron chi connectivity index (χ2n) is 3.80. The average molecular weight is 342 g/mol. The van der Waals surface area contributed by atoms with Crippen LogP contribution in [0.1, 0.15) is 13.8 Å². The van der Waals surface area contributed by atoms with Crippen molar-refractivity contribution in [1.29, 1.82) is 0 Å². The molecule has 1 heterocycles. The quantitative estimate of drug-likeness (QED) is 0.755. The lowest BCUT2D eigenvalue weighted by atomic mass is 10.5. The fraction of sp³-hybridized carbons (Fsp3) is 0.750. The average Bonchev–Trinajstić information content (AvgIpc) is 2.07. The Bertz CT molecular complexity index is 392. The third-order valence-electron chi connectivity index (χ3n) is 2.00. The molecule has 2 amide bonds. The van der Waals surface area contributed by atoms with E-state index in [2.05, 4.69) is 0 Å². The van der Waals surface area contributed by atoms with Crippen molar-refractivity contribution in [2.24, 2.45) is 0 Å². The highest BCUT2D eigenvalue weighted by atomic mass is 32.3. The van der Waals surface area contributed by atoms with Crippen molar-refractivity contribution in [3.63, 3.8) is 0 Å². The van der Waals surface area contributed by atoms with Gasteiger partial charge < -0.3 is 10.6 Å². The molecule has 0 aliphatic carbocycles. The van der Waals surface area contributed by atoms with Gasteiger partial charge in [0.2, 0.25) is 20.2 Å². The van der Waals surface area contributed by atoms with E-state index in [4.69, 9.17) is 0 Å². The number of thioether (sulfide) groups is 2. The van der Waals surface area contributed by atoms with Crippen molar-refractivity contribution in [3.8, 4) is 0 Å². The molecule has 0 aromatic rings. The van der Waals surface area contributed by atoms with Crippen molar-refractivity contribution in [3.05, 3.63) is 0 Å². The van der Waals surface area contributed by atoms with E-state index in [1.165, 1.54) is 10.6 Å². The summed E-state index contributed by atoms with van der Waals surface area (Å²) in [5.41, 5.74) is 0. The summed E-state index contributed by atoms with van der Waals surface area (Å²) in [6, 6.07) is 0. The van der Waals surface area contributed by atoms with Crippen LogP contribution in [-0.4, -0.2) is 32.6 Å². The second kappa shape index (κ2) is 4.90. The molecule has 0 bridgehead atoms. The molecule has 2 N–H and O–H groups in total. The van der Waals surface area contributed by atoms with Crippen LogP contribution in [0.15, 0.2) is 0 Å². The van der Waals surface area contributed by atoms with E-state index in [1.54, 1.807) is 0 Å². The third kappa shape index (κ3) is 2.95. The third-order valence-corrected chi connectivity index (χ3v) is 5.49. The van der Waals surface area contributed by atoms with Gasteiger partial charge in [0.1, 0.15) is 0 Å². The molecule has 0 aromatic carbocycles. The van der Waals surface area contributed by atoms with E-state index in [9.17, 15) is 35.9 Å². The van der Waals surface area contributed by atoms with Crippen LogP contribution in [-0.2, 0) is 9.59 Å². The van der Waals surface area contributed by atoms with Crippen molar-refractivity contribution in [2.45, 2.75) is 34.6 Å². The van der Waals surface area contributed by atoms with Crippen LogP contribution < -0.4 is 10.6 Å². The number of alkyl halides is 6. The van der Waals surface area contributed by atoms with Crippen molar-refractivity contribution in [2.75, 3.05) is 0 Å². The molecule has 1 fully saturated rings. The molecule has 4 nitrogen and oxygen atoms in total. The molecule has 116 valence electrons.